The Morgan fingerprint density at radius 1 is 0.917 bits per heavy atom. The Labute approximate surface area is 210 Å². The Kier molecular flexibility index (Phi) is 7.16. The molecule has 1 fully saturated rings. The minimum atomic E-state index is -0.378. The van der Waals surface area contributed by atoms with E-state index in [1.807, 2.05) is 84.9 Å². The summed E-state index contributed by atoms with van der Waals surface area (Å²) in [5.74, 6) is 0.415. The zero-order chi connectivity index (χ0) is 24.7. The van der Waals surface area contributed by atoms with Crippen molar-refractivity contribution in [3.63, 3.8) is 0 Å². The number of morpholine rings is 1. The van der Waals surface area contributed by atoms with Gasteiger partial charge in [0.2, 0.25) is 11.9 Å². The van der Waals surface area contributed by atoms with Crippen LogP contribution < -0.4 is 16.4 Å². The van der Waals surface area contributed by atoms with Crippen LogP contribution in [0, 0.1) is 0 Å². The van der Waals surface area contributed by atoms with Crippen molar-refractivity contribution in [1.29, 1.82) is 0 Å². The van der Waals surface area contributed by atoms with E-state index in [9.17, 15) is 4.79 Å². The third-order valence-electron chi connectivity index (χ3n) is 6.02. The fourth-order valence-corrected chi connectivity index (χ4v) is 4.26. The summed E-state index contributed by atoms with van der Waals surface area (Å²) in [6.45, 7) is 2.68. The molecule has 3 aromatic carbocycles. The second-order valence-electron chi connectivity index (χ2n) is 8.54. The van der Waals surface area contributed by atoms with E-state index in [0.29, 0.717) is 37.9 Å². The van der Waals surface area contributed by atoms with Crippen molar-refractivity contribution in [2.24, 2.45) is 0 Å². The largest absolute Gasteiger partial charge is 0.399 e. The van der Waals surface area contributed by atoms with Crippen LogP contribution in [0.1, 0.15) is 11.6 Å². The lowest BCUT2D eigenvalue weighted by Gasteiger charge is -2.33. The minimum absolute atomic E-state index is 0.0634. The van der Waals surface area contributed by atoms with E-state index in [2.05, 4.69) is 25.5 Å². The molecule has 1 amide bonds. The van der Waals surface area contributed by atoms with Crippen LogP contribution in [0.4, 0.5) is 23.0 Å². The van der Waals surface area contributed by atoms with Crippen molar-refractivity contribution in [3.05, 3.63) is 96.7 Å². The fraction of sp³-hybridized carbons (Fsp3) is 0.179. The van der Waals surface area contributed by atoms with Crippen LogP contribution in [0.25, 0.3) is 11.3 Å². The predicted molar refractivity (Wildman–Crippen MR) is 142 cm³/mol. The molecule has 2 heterocycles. The van der Waals surface area contributed by atoms with Gasteiger partial charge in [0.05, 0.1) is 18.9 Å². The zero-order valence-corrected chi connectivity index (χ0v) is 19.8. The maximum Gasteiger partial charge on any atom is 0.246 e. The van der Waals surface area contributed by atoms with Gasteiger partial charge in [0.25, 0.3) is 0 Å². The highest BCUT2D eigenvalue weighted by atomic mass is 16.5. The molecule has 0 saturated carbocycles. The van der Waals surface area contributed by atoms with Crippen molar-refractivity contribution in [1.82, 2.24) is 14.9 Å². The number of anilines is 4. The molecule has 1 unspecified atom stereocenters. The van der Waals surface area contributed by atoms with Gasteiger partial charge in [-0.15, -0.1) is 0 Å². The number of nitrogens with zero attached hydrogens (tertiary/aromatic N) is 3. The molecule has 1 saturated heterocycles. The lowest BCUT2D eigenvalue weighted by molar-refractivity contribution is -0.123. The van der Waals surface area contributed by atoms with Gasteiger partial charge in [-0.1, -0.05) is 48.5 Å². The van der Waals surface area contributed by atoms with Crippen LogP contribution in [-0.2, 0) is 9.53 Å². The number of hydrogen-bond donors (Lipinski definition) is 3. The van der Waals surface area contributed by atoms with Crippen molar-refractivity contribution in [3.8, 4) is 11.3 Å². The predicted octanol–water partition coefficient (Wildman–Crippen LogP) is 4.48. The van der Waals surface area contributed by atoms with Gasteiger partial charge in [0, 0.05) is 41.9 Å². The number of nitrogens with two attached hydrogens (primary N) is 1. The van der Waals surface area contributed by atoms with E-state index in [0.717, 1.165) is 28.2 Å². The minimum Gasteiger partial charge on any atom is -0.399 e. The van der Waals surface area contributed by atoms with Gasteiger partial charge in [0.15, 0.2) is 0 Å². The molecule has 1 aromatic heterocycles. The van der Waals surface area contributed by atoms with Crippen LogP contribution in [-0.4, -0.2) is 47.1 Å². The molecule has 0 radical (unpaired) electrons. The van der Waals surface area contributed by atoms with E-state index >= 15 is 0 Å². The third-order valence-corrected chi connectivity index (χ3v) is 6.02. The molecular weight excluding hydrogens is 452 g/mol. The van der Waals surface area contributed by atoms with Gasteiger partial charge in [-0.2, -0.15) is 0 Å². The Bertz CT molecular complexity index is 1310. The number of hydrogen-bond acceptors (Lipinski definition) is 7. The standard InChI is InChI=1S/C28H28N6O2/c29-22-7-4-8-24(19-22)32-28-30-14-13-25(33-28)20-9-11-23(12-10-20)31-27(35)26(21-5-2-1-3-6-21)34-15-17-36-18-16-34/h1-14,19,26H,15-18,29H2,(H,31,35)(H,30,32,33). The first-order chi connectivity index (χ1) is 17.7. The molecule has 5 rings (SSSR count). The summed E-state index contributed by atoms with van der Waals surface area (Å²) in [7, 11) is 0. The number of amides is 1. The topological polar surface area (TPSA) is 105 Å². The van der Waals surface area contributed by atoms with Crippen molar-refractivity contribution in [2.75, 3.05) is 42.7 Å². The Balaban J connectivity index is 1.30. The van der Waals surface area contributed by atoms with Crippen molar-refractivity contribution < 1.29 is 9.53 Å². The van der Waals surface area contributed by atoms with Crippen LogP contribution in [0.3, 0.4) is 0 Å². The number of carbonyl (C=O) groups is 1. The highest BCUT2D eigenvalue weighted by Gasteiger charge is 2.29. The Morgan fingerprint density at radius 3 is 2.44 bits per heavy atom. The average molecular weight is 481 g/mol. The molecule has 0 spiro atoms. The quantitative estimate of drug-likeness (QED) is 0.335. The third kappa shape index (κ3) is 5.68. The van der Waals surface area contributed by atoms with Crippen LogP contribution >= 0.6 is 0 Å². The molecule has 1 atom stereocenters. The first-order valence-electron chi connectivity index (χ1n) is 11.9. The van der Waals surface area contributed by atoms with Crippen LogP contribution in [0.2, 0.25) is 0 Å². The van der Waals surface area contributed by atoms with Gasteiger partial charge in [-0.25, -0.2) is 9.97 Å². The second-order valence-corrected chi connectivity index (χ2v) is 8.54. The molecule has 1 aliphatic rings. The molecule has 0 bridgehead atoms. The number of nitrogen functional groups attached to an aromatic ring is 1. The first kappa shape index (κ1) is 23.5. The number of benzene rings is 3. The van der Waals surface area contributed by atoms with Gasteiger partial charge in [0.1, 0.15) is 6.04 Å². The highest BCUT2D eigenvalue weighted by Crippen LogP contribution is 2.26. The van der Waals surface area contributed by atoms with Gasteiger partial charge >= 0.3 is 0 Å². The monoisotopic (exact) mass is 480 g/mol. The summed E-state index contributed by atoms with van der Waals surface area (Å²) >= 11 is 0. The van der Waals surface area contributed by atoms with Crippen LogP contribution in [0.15, 0.2) is 91.1 Å². The summed E-state index contributed by atoms with van der Waals surface area (Å²) < 4.78 is 5.49. The second kappa shape index (κ2) is 11.0. The summed E-state index contributed by atoms with van der Waals surface area (Å²) in [5, 5.41) is 6.27. The van der Waals surface area contributed by atoms with E-state index in [4.69, 9.17) is 10.5 Å². The van der Waals surface area contributed by atoms with Gasteiger partial charge in [-0.05, 0) is 42.0 Å². The molecule has 0 aliphatic carbocycles. The smallest absolute Gasteiger partial charge is 0.246 e. The molecule has 8 heteroatoms. The lowest BCUT2D eigenvalue weighted by atomic mass is 10.0. The summed E-state index contributed by atoms with van der Waals surface area (Å²) in [5.41, 5.74) is 10.7. The number of nitrogens with one attached hydrogen (secondary N) is 2. The number of aromatic nitrogens is 2. The van der Waals surface area contributed by atoms with E-state index in [1.165, 1.54) is 0 Å². The molecule has 182 valence electrons. The normalized spacial score (nSPS) is 14.7. The molecule has 8 nitrogen and oxygen atoms in total. The Hall–Kier alpha value is -4.27. The Morgan fingerprint density at radius 2 is 1.69 bits per heavy atom. The van der Waals surface area contributed by atoms with Gasteiger partial charge in [-0.3, -0.25) is 9.69 Å². The maximum absolute atomic E-state index is 13.4. The van der Waals surface area contributed by atoms with Crippen molar-refractivity contribution >= 4 is 28.9 Å². The summed E-state index contributed by atoms with van der Waals surface area (Å²) in [6, 6.07) is 26.4. The number of ether oxygens (including phenoxy) is 1. The van der Waals surface area contributed by atoms with E-state index in [1.54, 1.807) is 6.20 Å². The van der Waals surface area contributed by atoms with Crippen LogP contribution in [0.5, 0.6) is 0 Å². The molecule has 36 heavy (non-hydrogen) atoms. The fourth-order valence-electron chi connectivity index (χ4n) is 4.26. The van der Waals surface area contributed by atoms with E-state index < -0.39 is 0 Å². The lowest BCUT2D eigenvalue weighted by Crippen LogP contribution is -2.43. The highest BCUT2D eigenvalue weighted by molar-refractivity contribution is 5.95. The first-order valence-corrected chi connectivity index (χ1v) is 11.9. The molecule has 1 aliphatic heterocycles. The SMILES string of the molecule is Nc1cccc(Nc2nccc(-c3ccc(NC(=O)C(c4ccccc4)N4CCOCC4)cc3)n2)c1. The molecule has 4 N–H and O–H groups in total. The average Bonchev–Trinajstić information content (AvgIpc) is 2.91. The molecular formula is C28H28N6O2. The number of carbonyl (C=O) groups excluding carboxylic acids is 1. The van der Waals surface area contributed by atoms with Gasteiger partial charge < -0.3 is 21.1 Å². The zero-order valence-electron chi connectivity index (χ0n) is 19.8. The van der Waals surface area contributed by atoms with Crippen molar-refractivity contribution in [2.45, 2.75) is 6.04 Å². The maximum atomic E-state index is 13.4. The number of rotatable bonds is 7. The summed E-state index contributed by atoms with van der Waals surface area (Å²) in [6.07, 6.45) is 1.71. The molecule has 4 aromatic rings. The van der Waals surface area contributed by atoms with E-state index in [-0.39, 0.29) is 11.9 Å². The summed E-state index contributed by atoms with van der Waals surface area (Å²) in [4.78, 5) is 24.5.